The van der Waals surface area contributed by atoms with E-state index in [4.69, 9.17) is 10.5 Å². The normalized spacial score (nSPS) is 10.1. The molecule has 92 valence electrons. The molecule has 0 atom stereocenters. The Kier molecular flexibility index (Phi) is 3.09. The minimum absolute atomic E-state index is 0.111. The van der Waals surface area contributed by atoms with Crippen LogP contribution in [0.25, 0.3) is 11.1 Å². The molecule has 18 heavy (non-hydrogen) atoms. The van der Waals surface area contributed by atoms with Gasteiger partial charge in [-0.3, -0.25) is 15.1 Å². The van der Waals surface area contributed by atoms with Crippen LogP contribution in [0.4, 0.5) is 11.4 Å². The molecule has 0 bridgehead atoms. The van der Waals surface area contributed by atoms with Gasteiger partial charge in [-0.05, 0) is 17.7 Å². The molecule has 1 aromatic heterocycles. The highest BCUT2D eigenvalue weighted by atomic mass is 16.6. The van der Waals surface area contributed by atoms with Crippen molar-refractivity contribution in [2.75, 3.05) is 12.8 Å². The van der Waals surface area contributed by atoms with Gasteiger partial charge in [-0.1, -0.05) is 12.1 Å². The standard InChI is InChI=1S/C12H11N3O3/c1-18-9-4-2-8(3-5-9)10-6-14-7-11(12(10)13)15(16)17/h2-7H,1H3,(H2,13,14). The van der Waals surface area contributed by atoms with Crippen LogP contribution in [0.5, 0.6) is 5.75 Å². The third kappa shape index (κ3) is 2.08. The number of rotatable bonds is 3. The van der Waals surface area contributed by atoms with E-state index in [1.807, 2.05) is 0 Å². The Balaban J connectivity index is 2.50. The number of nitro groups is 1. The fourth-order valence-corrected chi connectivity index (χ4v) is 1.61. The highest BCUT2D eigenvalue weighted by Gasteiger charge is 2.16. The van der Waals surface area contributed by atoms with E-state index in [9.17, 15) is 10.1 Å². The van der Waals surface area contributed by atoms with Crippen molar-refractivity contribution in [2.24, 2.45) is 0 Å². The quantitative estimate of drug-likeness (QED) is 0.661. The molecule has 0 aliphatic carbocycles. The molecule has 0 amide bonds. The summed E-state index contributed by atoms with van der Waals surface area (Å²) in [6.07, 6.45) is 2.65. The third-order valence-corrected chi connectivity index (χ3v) is 2.56. The van der Waals surface area contributed by atoms with Gasteiger partial charge < -0.3 is 10.5 Å². The van der Waals surface area contributed by atoms with Gasteiger partial charge in [0.1, 0.15) is 17.6 Å². The minimum atomic E-state index is -0.546. The van der Waals surface area contributed by atoms with Crippen LogP contribution in [0.1, 0.15) is 0 Å². The summed E-state index contributed by atoms with van der Waals surface area (Å²) in [6.45, 7) is 0. The Hall–Kier alpha value is -2.63. The number of hydrogen-bond donors (Lipinski definition) is 1. The van der Waals surface area contributed by atoms with Crippen molar-refractivity contribution in [3.8, 4) is 16.9 Å². The predicted molar refractivity (Wildman–Crippen MR) is 67.3 cm³/mol. The molecule has 2 aromatic rings. The molecule has 1 aromatic carbocycles. The Bertz CT molecular complexity index is 582. The first-order valence-electron chi connectivity index (χ1n) is 5.15. The van der Waals surface area contributed by atoms with Crippen molar-refractivity contribution in [1.82, 2.24) is 4.98 Å². The second-order valence-corrected chi connectivity index (χ2v) is 3.61. The summed E-state index contributed by atoms with van der Waals surface area (Å²) in [5.74, 6) is 0.704. The van der Waals surface area contributed by atoms with Crippen molar-refractivity contribution in [1.29, 1.82) is 0 Å². The lowest BCUT2D eigenvalue weighted by Gasteiger charge is -2.06. The van der Waals surface area contributed by atoms with E-state index in [1.54, 1.807) is 31.4 Å². The topological polar surface area (TPSA) is 91.3 Å². The SMILES string of the molecule is COc1ccc(-c2cncc([N+](=O)[O-])c2N)cc1. The Morgan fingerprint density at radius 2 is 1.94 bits per heavy atom. The number of nitrogen functional groups attached to an aromatic ring is 1. The van der Waals surface area contributed by atoms with E-state index < -0.39 is 4.92 Å². The van der Waals surface area contributed by atoms with E-state index in [2.05, 4.69) is 4.98 Å². The van der Waals surface area contributed by atoms with Gasteiger partial charge in [-0.15, -0.1) is 0 Å². The third-order valence-electron chi connectivity index (χ3n) is 2.56. The summed E-state index contributed by atoms with van der Waals surface area (Å²) in [6, 6.07) is 7.06. The maximum absolute atomic E-state index is 10.8. The van der Waals surface area contributed by atoms with Crippen LogP contribution in [-0.2, 0) is 0 Å². The lowest BCUT2D eigenvalue weighted by Crippen LogP contribution is -1.99. The van der Waals surface area contributed by atoms with Gasteiger partial charge in [0.05, 0.1) is 12.0 Å². The Labute approximate surface area is 103 Å². The fourth-order valence-electron chi connectivity index (χ4n) is 1.61. The largest absolute Gasteiger partial charge is 0.497 e. The van der Waals surface area contributed by atoms with Gasteiger partial charge in [0, 0.05) is 11.8 Å². The fraction of sp³-hybridized carbons (Fsp3) is 0.0833. The van der Waals surface area contributed by atoms with Gasteiger partial charge in [-0.2, -0.15) is 0 Å². The average Bonchev–Trinajstić information content (AvgIpc) is 2.39. The maximum Gasteiger partial charge on any atom is 0.310 e. The van der Waals surface area contributed by atoms with Crippen molar-refractivity contribution >= 4 is 11.4 Å². The van der Waals surface area contributed by atoms with Crippen molar-refractivity contribution < 1.29 is 9.66 Å². The number of ether oxygens (including phenoxy) is 1. The van der Waals surface area contributed by atoms with E-state index in [0.717, 1.165) is 11.8 Å². The van der Waals surface area contributed by atoms with Gasteiger partial charge >= 0.3 is 5.69 Å². The van der Waals surface area contributed by atoms with Crippen molar-refractivity contribution in [3.63, 3.8) is 0 Å². The minimum Gasteiger partial charge on any atom is -0.497 e. The molecule has 0 aliphatic rings. The van der Waals surface area contributed by atoms with E-state index in [1.165, 1.54) is 6.20 Å². The zero-order chi connectivity index (χ0) is 13.1. The van der Waals surface area contributed by atoms with Crippen molar-refractivity contribution in [3.05, 3.63) is 46.8 Å². The van der Waals surface area contributed by atoms with Crippen LogP contribution in [0.2, 0.25) is 0 Å². The van der Waals surface area contributed by atoms with E-state index >= 15 is 0 Å². The zero-order valence-electron chi connectivity index (χ0n) is 9.66. The molecule has 1 heterocycles. The maximum atomic E-state index is 10.8. The van der Waals surface area contributed by atoms with Crippen LogP contribution >= 0.6 is 0 Å². The highest BCUT2D eigenvalue weighted by molar-refractivity contribution is 5.81. The molecule has 0 unspecified atom stereocenters. The van der Waals surface area contributed by atoms with Crippen LogP contribution < -0.4 is 10.5 Å². The lowest BCUT2D eigenvalue weighted by atomic mass is 10.1. The first-order valence-corrected chi connectivity index (χ1v) is 5.15. The van der Waals surface area contributed by atoms with Gasteiger partial charge in [-0.25, -0.2) is 0 Å². The second kappa shape index (κ2) is 4.70. The predicted octanol–water partition coefficient (Wildman–Crippen LogP) is 2.25. The number of nitrogens with two attached hydrogens (primary N) is 1. The van der Waals surface area contributed by atoms with Crippen LogP contribution in [0.15, 0.2) is 36.7 Å². The van der Waals surface area contributed by atoms with Gasteiger partial charge in [0.2, 0.25) is 0 Å². The molecule has 0 fully saturated rings. The Morgan fingerprint density at radius 1 is 1.28 bits per heavy atom. The van der Waals surface area contributed by atoms with Gasteiger partial charge in [0.25, 0.3) is 0 Å². The number of benzene rings is 1. The summed E-state index contributed by atoms with van der Waals surface area (Å²) >= 11 is 0. The first kappa shape index (κ1) is 11.8. The summed E-state index contributed by atoms with van der Waals surface area (Å²) in [4.78, 5) is 14.1. The van der Waals surface area contributed by atoms with Crippen LogP contribution in [0, 0.1) is 10.1 Å². The second-order valence-electron chi connectivity index (χ2n) is 3.61. The Morgan fingerprint density at radius 3 is 2.50 bits per heavy atom. The monoisotopic (exact) mass is 245 g/mol. The van der Waals surface area contributed by atoms with Crippen LogP contribution in [0.3, 0.4) is 0 Å². The molecule has 0 saturated heterocycles. The van der Waals surface area contributed by atoms with E-state index in [-0.39, 0.29) is 11.4 Å². The molecule has 2 N–H and O–H groups in total. The molecular formula is C12H11N3O3. The average molecular weight is 245 g/mol. The lowest BCUT2D eigenvalue weighted by molar-refractivity contribution is -0.384. The van der Waals surface area contributed by atoms with Crippen molar-refractivity contribution in [2.45, 2.75) is 0 Å². The van der Waals surface area contributed by atoms with E-state index in [0.29, 0.717) is 11.3 Å². The summed E-state index contributed by atoms with van der Waals surface area (Å²) in [5.41, 5.74) is 6.98. The molecule has 0 saturated carbocycles. The first-order chi connectivity index (χ1) is 8.63. The summed E-state index contributed by atoms with van der Waals surface area (Å²) < 4.78 is 5.04. The number of pyridine rings is 1. The summed E-state index contributed by atoms with van der Waals surface area (Å²) in [7, 11) is 1.57. The molecule has 6 nitrogen and oxygen atoms in total. The highest BCUT2D eigenvalue weighted by Crippen LogP contribution is 2.32. The molecule has 0 aliphatic heterocycles. The van der Waals surface area contributed by atoms with Crippen LogP contribution in [-0.4, -0.2) is 17.0 Å². The summed E-state index contributed by atoms with van der Waals surface area (Å²) in [5, 5.41) is 10.8. The number of anilines is 1. The zero-order valence-corrected chi connectivity index (χ0v) is 9.66. The number of nitrogens with zero attached hydrogens (tertiary/aromatic N) is 2. The smallest absolute Gasteiger partial charge is 0.310 e. The van der Waals surface area contributed by atoms with Gasteiger partial charge in [0.15, 0.2) is 0 Å². The number of methoxy groups -OCH3 is 1. The number of aromatic nitrogens is 1. The molecular weight excluding hydrogens is 234 g/mol. The molecule has 6 heteroatoms. The number of hydrogen-bond acceptors (Lipinski definition) is 5. The molecule has 2 rings (SSSR count). The molecule has 0 spiro atoms. The molecule has 0 radical (unpaired) electrons.